The summed E-state index contributed by atoms with van der Waals surface area (Å²) in [4.78, 5) is 41.5. The standard InChI is InChI=1S/C23H21Cl2FN6O4/c24-15-1-2-18(13(5-15)8-26)30-16-7-17(25)19(27-10-16)11-28-22(35)23(3-4-36-12-23)31-21(34)14-6-20(33)32-29-9-14/h1-2,5-7,9-10,30H,3-4,8,11-12H2,(H,28,35)(H,31,34)(H,32,33)/t23-/m0/s1. The lowest BCUT2D eigenvalue weighted by Crippen LogP contribution is -2.59. The number of amides is 2. The van der Waals surface area contributed by atoms with E-state index in [4.69, 9.17) is 27.9 Å². The van der Waals surface area contributed by atoms with E-state index in [1.807, 2.05) is 0 Å². The molecular weight excluding hydrogens is 514 g/mol. The highest BCUT2D eigenvalue weighted by Crippen LogP contribution is 2.27. The molecule has 1 aliphatic heterocycles. The van der Waals surface area contributed by atoms with Gasteiger partial charge in [0.25, 0.3) is 11.5 Å². The SMILES string of the molecule is O=C(N[C@@]1(C(=O)NCc2ncc(Nc3ccc(Cl)cc3CF)cc2Cl)CCOC1)c1cn[nH]c(=O)c1. The molecule has 0 spiro atoms. The zero-order valence-corrected chi connectivity index (χ0v) is 20.3. The Bertz CT molecular complexity index is 1350. The minimum absolute atomic E-state index is 0.0151. The minimum atomic E-state index is -1.33. The summed E-state index contributed by atoms with van der Waals surface area (Å²) in [5, 5.41) is 14.9. The van der Waals surface area contributed by atoms with Crippen LogP contribution in [-0.2, 0) is 22.8 Å². The van der Waals surface area contributed by atoms with Crippen molar-refractivity contribution in [2.45, 2.75) is 25.2 Å². The highest BCUT2D eigenvalue weighted by molar-refractivity contribution is 6.31. The number of hydrogen-bond donors (Lipinski definition) is 4. The fourth-order valence-corrected chi connectivity index (χ4v) is 4.07. The average molecular weight is 535 g/mol. The second kappa shape index (κ2) is 11.0. The molecule has 0 unspecified atom stereocenters. The molecule has 0 bridgehead atoms. The van der Waals surface area contributed by atoms with Crippen molar-refractivity contribution in [3.8, 4) is 0 Å². The molecule has 3 heterocycles. The van der Waals surface area contributed by atoms with Crippen LogP contribution in [0.2, 0.25) is 10.0 Å². The number of nitrogens with zero attached hydrogens (tertiary/aromatic N) is 2. The van der Waals surface area contributed by atoms with Gasteiger partial charge in [0.1, 0.15) is 12.2 Å². The third-order valence-electron chi connectivity index (χ3n) is 5.56. The van der Waals surface area contributed by atoms with Crippen LogP contribution in [0.15, 0.2) is 47.5 Å². The number of pyridine rings is 1. The number of aromatic amines is 1. The Morgan fingerprint density at radius 2 is 2.03 bits per heavy atom. The molecule has 1 fully saturated rings. The van der Waals surface area contributed by atoms with Gasteiger partial charge in [-0.2, -0.15) is 5.10 Å². The molecule has 1 aliphatic rings. The van der Waals surface area contributed by atoms with Crippen molar-refractivity contribution in [3.63, 3.8) is 0 Å². The Labute approximate surface area is 214 Å². The number of halogens is 3. The number of nitrogens with one attached hydrogen (secondary N) is 4. The number of H-pyrrole nitrogens is 1. The topological polar surface area (TPSA) is 138 Å². The van der Waals surface area contributed by atoms with E-state index in [0.29, 0.717) is 27.7 Å². The molecule has 1 atom stereocenters. The number of hydrogen-bond acceptors (Lipinski definition) is 7. The lowest BCUT2D eigenvalue weighted by atomic mass is 9.96. The Morgan fingerprint density at radius 3 is 2.72 bits per heavy atom. The quantitative estimate of drug-likeness (QED) is 0.348. The predicted molar refractivity (Wildman–Crippen MR) is 131 cm³/mol. The maximum absolute atomic E-state index is 13.3. The van der Waals surface area contributed by atoms with Crippen LogP contribution in [0.5, 0.6) is 0 Å². The van der Waals surface area contributed by atoms with Crippen LogP contribution in [0.4, 0.5) is 15.8 Å². The smallest absolute Gasteiger partial charge is 0.264 e. The van der Waals surface area contributed by atoms with E-state index in [9.17, 15) is 18.8 Å². The average Bonchev–Trinajstić information content (AvgIpc) is 3.34. The number of alkyl halides is 1. The summed E-state index contributed by atoms with van der Waals surface area (Å²) in [5.74, 6) is -1.12. The van der Waals surface area contributed by atoms with Crippen LogP contribution >= 0.6 is 23.2 Å². The minimum Gasteiger partial charge on any atom is -0.378 e. The van der Waals surface area contributed by atoms with Gasteiger partial charge in [0, 0.05) is 35.4 Å². The van der Waals surface area contributed by atoms with Crippen molar-refractivity contribution in [3.05, 3.63) is 79.9 Å². The first-order valence-electron chi connectivity index (χ1n) is 10.8. The third-order valence-corrected chi connectivity index (χ3v) is 6.12. The van der Waals surface area contributed by atoms with Gasteiger partial charge in [-0.1, -0.05) is 23.2 Å². The maximum atomic E-state index is 13.3. The number of aromatic nitrogens is 3. The Kier molecular flexibility index (Phi) is 7.82. The van der Waals surface area contributed by atoms with E-state index in [1.165, 1.54) is 18.5 Å². The number of benzene rings is 1. The van der Waals surface area contributed by atoms with Gasteiger partial charge in [0.2, 0.25) is 5.91 Å². The monoisotopic (exact) mass is 534 g/mol. The molecular formula is C23H21Cl2FN6O4. The van der Waals surface area contributed by atoms with Gasteiger partial charge in [-0.15, -0.1) is 0 Å². The Hall–Kier alpha value is -3.54. The maximum Gasteiger partial charge on any atom is 0.264 e. The summed E-state index contributed by atoms with van der Waals surface area (Å²) in [6.07, 6.45) is 2.93. The van der Waals surface area contributed by atoms with Gasteiger partial charge in [-0.05, 0) is 24.3 Å². The van der Waals surface area contributed by atoms with Crippen LogP contribution in [-0.4, -0.2) is 45.7 Å². The van der Waals surface area contributed by atoms with Crippen molar-refractivity contribution in [1.29, 1.82) is 0 Å². The first-order chi connectivity index (χ1) is 17.3. The van der Waals surface area contributed by atoms with E-state index in [0.717, 1.165) is 6.07 Å². The van der Waals surface area contributed by atoms with Crippen molar-refractivity contribution < 1.29 is 18.7 Å². The molecule has 1 saturated heterocycles. The van der Waals surface area contributed by atoms with Crippen molar-refractivity contribution in [2.75, 3.05) is 18.5 Å². The Morgan fingerprint density at radius 1 is 1.19 bits per heavy atom. The molecule has 10 nitrogen and oxygen atoms in total. The second-order valence-electron chi connectivity index (χ2n) is 8.07. The first-order valence-corrected chi connectivity index (χ1v) is 11.5. The summed E-state index contributed by atoms with van der Waals surface area (Å²) < 4.78 is 18.7. The zero-order valence-electron chi connectivity index (χ0n) is 18.7. The zero-order chi connectivity index (χ0) is 25.7. The number of rotatable bonds is 8. The molecule has 0 saturated carbocycles. The van der Waals surface area contributed by atoms with Crippen LogP contribution in [0, 0.1) is 0 Å². The van der Waals surface area contributed by atoms with Gasteiger partial charge in [0.05, 0.1) is 47.5 Å². The molecule has 4 N–H and O–H groups in total. The number of anilines is 2. The fourth-order valence-electron chi connectivity index (χ4n) is 3.64. The number of carbonyl (C=O) groups excluding carboxylic acids is 2. The molecule has 0 aliphatic carbocycles. The number of carbonyl (C=O) groups is 2. The van der Waals surface area contributed by atoms with E-state index in [1.54, 1.807) is 18.2 Å². The summed E-state index contributed by atoms with van der Waals surface area (Å²) in [7, 11) is 0. The molecule has 2 aromatic heterocycles. The molecule has 1 aromatic carbocycles. The summed E-state index contributed by atoms with van der Waals surface area (Å²) in [6, 6.07) is 7.50. The van der Waals surface area contributed by atoms with Gasteiger partial charge in [-0.3, -0.25) is 19.4 Å². The van der Waals surface area contributed by atoms with Crippen molar-refractivity contribution in [2.24, 2.45) is 0 Å². The highest BCUT2D eigenvalue weighted by atomic mass is 35.5. The molecule has 2 amide bonds. The van der Waals surface area contributed by atoms with E-state index in [-0.39, 0.29) is 36.8 Å². The third kappa shape index (κ3) is 5.81. The van der Waals surface area contributed by atoms with E-state index < -0.39 is 29.6 Å². The van der Waals surface area contributed by atoms with E-state index in [2.05, 4.69) is 31.1 Å². The lowest BCUT2D eigenvalue weighted by Gasteiger charge is -2.27. The van der Waals surface area contributed by atoms with Crippen LogP contribution in [0.3, 0.4) is 0 Å². The molecule has 36 heavy (non-hydrogen) atoms. The lowest BCUT2D eigenvalue weighted by molar-refractivity contribution is -0.127. The molecule has 13 heteroatoms. The largest absolute Gasteiger partial charge is 0.378 e. The van der Waals surface area contributed by atoms with Crippen molar-refractivity contribution >= 4 is 46.4 Å². The van der Waals surface area contributed by atoms with Crippen LogP contribution in [0.1, 0.15) is 28.0 Å². The molecule has 188 valence electrons. The summed E-state index contributed by atoms with van der Waals surface area (Å²) in [6.45, 7) is -0.484. The van der Waals surface area contributed by atoms with E-state index >= 15 is 0 Å². The number of ether oxygens (including phenoxy) is 1. The predicted octanol–water partition coefficient (Wildman–Crippen LogP) is 2.89. The molecule has 3 aromatic rings. The highest BCUT2D eigenvalue weighted by Gasteiger charge is 2.43. The summed E-state index contributed by atoms with van der Waals surface area (Å²) >= 11 is 12.3. The summed E-state index contributed by atoms with van der Waals surface area (Å²) in [5.41, 5.74) is -0.0394. The van der Waals surface area contributed by atoms with Crippen molar-refractivity contribution in [1.82, 2.24) is 25.8 Å². The van der Waals surface area contributed by atoms with Gasteiger partial charge in [0.15, 0.2) is 0 Å². The van der Waals surface area contributed by atoms with Gasteiger partial charge < -0.3 is 20.7 Å². The molecule has 0 radical (unpaired) electrons. The van der Waals surface area contributed by atoms with Crippen LogP contribution in [0.25, 0.3) is 0 Å². The second-order valence-corrected chi connectivity index (χ2v) is 8.91. The van der Waals surface area contributed by atoms with Gasteiger partial charge >= 0.3 is 0 Å². The molecule has 4 rings (SSSR count). The Balaban J connectivity index is 1.43. The van der Waals surface area contributed by atoms with Gasteiger partial charge in [-0.25, -0.2) is 9.49 Å². The normalized spacial score (nSPS) is 17.0. The first kappa shape index (κ1) is 25.5. The fraction of sp³-hybridized carbons (Fsp3) is 0.261. The van der Waals surface area contributed by atoms with Crippen LogP contribution < -0.4 is 21.5 Å².